The lowest BCUT2D eigenvalue weighted by molar-refractivity contribution is 0.0696. The lowest BCUT2D eigenvalue weighted by Crippen LogP contribution is -2.03. The van der Waals surface area contributed by atoms with Crippen LogP contribution >= 0.6 is 0 Å². The van der Waals surface area contributed by atoms with Crippen LogP contribution in [0.3, 0.4) is 0 Å². The summed E-state index contributed by atoms with van der Waals surface area (Å²) in [6.45, 7) is 0.653. The summed E-state index contributed by atoms with van der Waals surface area (Å²) in [6, 6.07) is 11.3. The van der Waals surface area contributed by atoms with E-state index in [0.717, 1.165) is 17.7 Å². The van der Waals surface area contributed by atoms with Crippen LogP contribution in [-0.4, -0.2) is 23.5 Å². The molecule has 0 bridgehead atoms. The van der Waals surface area contributed by atoms with Crippen LogP contribution in [0, 0.1) is 0 Å². The molecule has 0 unspecified atom stereocenters. The molecule has 1 aliphatic rings. The molecule has 3 rings (SSSR count). The fourth-order valence-electron chi connectivity index (χ4n) is 2.26. The lowest BCUT2D eigenvalue weighted by atomic mass is 9.99. The molecule has 100 valence electrons. The van der Waals surface area contributed by atoms with Crippen LogP contribution in [0.15, 0.2) is 42.5 Å². The van der Waals surface area contributed by atoms with E-state index < -0.39 is 5.97 Å². The molecule has 0 saturated heterocycles. The molecule has 0 atom stereocenters. The smallest absolute Gasteiger partial charge is 0.335 e. The molecule has 4 nitrogen and oxygen atoms in total. The maximum atomic E-state index is 12.3. The Morgan fingerprint density at radius 3 is 2.30 bits per heavy atom. The van der Waals surface area contributed by atoms with Crippen LogP contribution in [0.5, 0.6) is 5.75 Å². The van der Waals surface area contributed by atoms with Gasteiger partial charge in [0.2, 0.25) is 0 Å². The molecule has 0 aromatic heterocycles. The van der Waals surface area contributed by atoms with Gasteiger partial charge in [-0.25, -0.2) is 4.79 Å². The number of rotatable bonds is 3. The maximum Gasteiger partial charge on any atom is 0.335 e. The van der Waals surface area contributed by atoms with Gasteiger partial charge in [0.25, 0.3) is 0 Å². The third kappa shape index (κ3) is 2.16. The molecule has 1 heterocycles. The summed E-state index contributed by atoms with van der Waals surface area (Å²) in [5.41, 5.74) is 2.29. The van der Waals surface area contributed by atoms with Crippen LogP contribution in [0.1, 0.15) is 31.8 Å². The average molecular weight is 268 g/mol. The lowest BCUT2D eigenvalue weighted by Gasteiger charge is -2.04. The number of ketones is 1. The molecule has 4 heteroatoms. The van der Waals surface area contributed by atoms with Gasteiger partial charge >= 0.3 is 5.97 Å². The van der Waals surface area contributed by atoms with Crippen molar-refractivity contribution in [3.8, 4) is 5.75 Å². The number of fused-ring (bicyclic) bond motifs is 1. The Morgan fingerprint density at radius 2 is 1.60 bits per heavy atom. The Bertz CT molecular complexity index is 686. The molecule has 0 saturated carbocycles. The Labute approximate surface area is 115 Å². The maximum absolute atomic E-state index is 12.3. The number of carboxylic acids is 1. The second kappa shape index (κ2) is 4.81. The van der Waals surface area contributed by atoms with Crippen molar-refractivity contribution in [3.05, 3.63) is 64.7 Å². The van der Waals surface area contributed by atoms with Gasteiger partial charge in [0.05, 0.1) is 12.2 Å². The van der Waals surface area contributed by atoms with Gasteiger partial charge in [0.15, 0.2) is 5.78 Å². The van der Waals surface area contributed by atoms with Crippen LogP contribution in [0.2, 0.25) is 0 Å². The fourth-order valence-corrected chi connectivity index (χ4v) is 2.26. The highest BCUT2D eigenvalue weighted by Gasteiger charge is 2.16. The number of carboxylic acid groups (broad SMARTS) is 1. The third-order valence-corrected chi connectivity index (χ3v) is 3.35. The van der Waals surface area contributed by atoms with Crippen molar-refractivity contribution in [1.29, 1.82) is 0 Å². The van der Waals surface area contributed by atoms with Gasteiger partial charge < -0.3 is 9.84 Å². The Hall–Kier alpha value is -2.62. The van der Waals surface area contributed by atoms with Crippen molar-refractivity contribution in [2.75, 3.05) is 6.61 Å². The summed E-state index contributed by atoms with van der Waals surface area (Å²) in [4.78, 5) is 23.1. The number of hydrogen-bond donors (Lipinski definition) is 1. The third-order valence-electron chi connectivity index (χ3n) is 3.35. The van der Waals surface area contributed by atoms with Gasteiger partial charge in [-0.1, -0.05) is 12.1 Å². The average Bonchev–Trinajstić information content (AvgIpc) is 2.94. The predicted molar refractivity (Wildman–Crippen MR) is 72.5 cm³/mol. The summed E-state index contributed by atoms with van der Waals surface area (Å²) in [7, 11) is 0. The predicted octanol–water partition coefficient (Wildman–Crippen LogP) is 2.55. The first-order valence-corrected chi connectivity index (χ1v) is 6.29. The van der Waals surface area contributed by atoms with Gasteiger partial charge in [-0.15, -0.1) is 0 Å². The van der Waals surface area contributed by atoms with Crippen molar-refractivity contribution >= 4 is 11.8 Å². The van der Waals surface area contributed by atoms with Crippen molar-refractivity contribution in [2.24, 2.45) is 0 Å². The Morgan fingerprint density at radius 1 is 0.950 bits per heavy atom. The Balaban J connectivity index is 1.90. The summed E-state index contributed by atoms with van der Waals surface area (Å²) in [5, 5.41) is 8.84. The normalized spacial score (nSPS) is 12.6. The SMILES string of the molecule is O=C(O)c1ccc(C(=O)c2ccc3c(c2)CCO3)cc1. The van der Waals surface area contributed by atoms with E-state index in [-0.39, 0.29) is 11.3 Å². The zero-order valence-electron chi connectivity index (χ0n) is 10.6. The highest BCUT2D eigenvalue weighted by atomic mass is 16.5. The number of hydrogen-bond acceptors (Lipinski definition) is 3. The van der Waals surface area contributed by atoms with Crippen LogP contribution in [-0.2, 0) is 6.42 Å². The monoisotopic (exact) mass is 268 g/mol. The first kappa shape index (κ1) is 12.4. The second-order valence-corrected chi connectivity index (χ2v) is 4.63. The quantitative estimate of drug-likeness (QED) is 0.869. The molecule has 2 aromatic carbocycles. The summed E-state index contributed by atoms with van der Waals surface area (Å²) < 4.78 is 5.40. The van der Waals surface area contributed by atoms with E-state index in [2.05, 4.69) is 0 Å². The minimum atomic E-state index is -1.00. The van der Waals surface area contributed by atoms with Gasteiger partial charge in [0, 0.05) is 17.5 Å². The first-order chi connectivity index (χ1) is 9.65. The van der Waals surface area contributed by atoms with E-state index in [1.165, 1.54) is 24.3 Å². The molecular formula is C16H12O4. The minimum absolute atomic E-state index is 0.114. The number of ether oxygens (including phenoxy) is 1. The highest BCUT2D eigenvalue weighted by molar-refractivity contribution is 6.09. The zero-order valence-corrected chi connectivity index (χ0v) is 10.6. The van der Waals surface area contributed by atoms with Crippen LogP contribution in [0.4, 0.5) is 0 Å². The number of aromatic carboxylic acids is 1. The topological polar surface area (TPSA) is 63.6 Å². The summed E-state index contributed by atoms with van der Waals surface area (Å²) in [6.07, 6.45) is 0.814. The molecule has 20 heavy (non-hydrogen) atoms. The molecule has 1 aliphatic heterocycles. The van der Waals surface area contributed by atoms with Gasteiger partial charge in [-0.05, 0) is 35.9 Å². The van der Waals surface area contributed by atoms with E-state index in [1.54, 1.807) is 12.1 Å². The van der Waals surface area contributed by atoms with E-state index in [1.807, 2.05) is 6.07 Å². The van der Waals surface area contributed by atoms with E-state index >= 15 is 0 Å². The zero-order chi connectivity index (χ0) is 14.1. The number of carbonyl (C=O) groups is 2. The summed E-state index contributed by atoms with van der Waals surface area (Å²) >= 11 is 0. The first-order valence-electron chi connectivity index (χ1n) is 6.29. The molecule has 1 N–H and O–H groups in total. The van der Waals surface area contributed by atoms with Crippen molar-refractivity contribution in [2.45, 2.75) is 6.42 Å². The molecular weight excluding hydrogens is 256 g/mol. The molecule has 0 spiro atoms. The van der Waals surface area contributed by atoms with E-state index in [0.29, 0.717) is 17.7 Å². The van der Waals surface area contributed by atoms with E-state index in [4.69, 9.17) is 9.84 Å². The number of benzene rings is 2. The summed E-state index contributed by atoms with van der Waals surface area (Å²) in [5.74, 6) is -0.280. The van der Waals surface area contributed by atoms with Gasteiger partial charge in [0.1, 0.15) is 5.75 Å². The van der Waals surface area contributed by atoms with Crippen molar-refractivity contribution in [1.82, 2.24) is 0 Å². The second-order valence-electron chi connectivity index (χ2n) is 4.63. The molecule has 2 aromatic rings. The van der Waals surface area contributed by atoms with Gasteiger partial charge in [-0.3, -0.25) is 4.79 Å². The van der Waals surface area contributed by atoms with E-state index in [9.17, 15) is 9.59 Å². The van der Waals surface area contributed by atoms with Crippen molar-refractivity contribution < 1.29 is 19.4 Å². The van der Waals surface area contributed by atoms with Crippen molar-refractivity contribution in [3.63, 3.8) is 0 Å². The Kier molecular flexibility index (Phi) is 2.99. The number of carbonyl (C=O) groups excluding carboxylic acids is 1. The fraction of sp³-hybridized carbons (Fsp3) is 0.125. The highest BCUT2D eigenvalue weighted by Crippen LogP contribution is 2.26. The standard InChI is InChI=1S/C16H12O4/c17-15(10-1-3-11(4-2-10)16(18)19)13-5-6-14-12(9-13)7-8-20-14/h1-6,9H,7-8H2,(H,18,19). The molecule has 0 radical (unpaired) electrons. The molecule has 0 fully saturated rings. The minimum Gasteiger partial charge on any atom is -0.493 e. The molecule has 0 amide bonds. The largest absolute Gasteiger partial charge is 0.493 e. The van der Waals surface area contributed by atoms with Crippen LogP contribution in [0.25, 0.3) is 0 Å². The van der Waals surface area contributed by atoms with Gasteiger partial charge in [-0.2, -0.15) is 0 Å². The van der Waals surface area contributed by atoms with Crippen LogP contribution < -0.4 is 4.74 Å². The molecule has 0 aliphatic carbocycles.